The fraction of sp³-hybridized carbons (Fsp3) is 0.455. The lowest BCUT2D eigenvalue weighted by atomic mass is 10.2. The zero-order chi connectivity index (χ0) is 13.1. The summed E-state index contributed by atoms with van der Waals surface area (Å²) in [5, 5.41) is 3.03. The van der Waals surface area contributed by atoms with Crippen LogP contribution in [0.3, 0.4) is 0 Å². The second-order valence-electron chi connectivity index (χ2n) is 4.13. The third kappa shape index (κ3) is 5.04. The van der Waals surface area contributed by atoms with E-state index in [0.29, 0.717) is 5.69 Å². The second-order valence-corrected chi connectivity index (χ2v) is 6.22. The minimum Gasteiger partial charge on any atom is -0.475 e. The molecule has 0 aliphatic carbocycles. The maximum Gasteiger partial charge on any atom is 0.189 e. The molecule has 1 aromatic carbocycles. The van der Waals surface area contributed by atoms with Crippen molar-refractivity contribution in [3.05, 3.63) is 24.0 Å². The van der Waals surface area contributed by atoms with Crippen molar-refractivity contribution in [3.63, 3.8) is 0 Å². The summed E-state index contributed by atoms with van der Waals surface area (Å²) < 4.78 is 40.1. The zero-order valence-corrected chi connectivity index (χ0v) is 10.8. The molecule has 0 unspecified atom stereocenters. The van der Waals surface area contributed by atoms with Gasteiger partial charge in [-0.25, -0.2) is 12.8 Å². The summed E-state index contributed by atoms with van der Waals surface area (Å²) in [5.74, 6) is -1.18. The van der Waals surface area contributed by atoms with Gasteiger partial charge in [-0.1, -0.05) is 0 Å². The van der Waals surface area contributed by atoms with Crippen molar-refractivity contribution in [2.45, 2.75) is 19.9 Å². The van der Waals surface area contributed by atoms with Crippen LogP contribution in [0.25, 0.3) is 0 Å². The quantitative estimate of drug-likeness (QED) is 0.881. The average molecular weight is 261 g/mol. The van der Waals surface area contributed by atoms with Gasteiger partial charge in [0, 0.05) is 24.1 Å². The summed E-state index contributed by atoms with van der Waals surface area (Å²) >= 11 is 0. The fourth-order valence-corrected chi connectivity index (χ4v) is 1.55. The van der Waals surface area contributed by atoms with Gasteiger partial charge in [0.15, 0.2) is 27.3 Å². The third-order valence-corrected chi connectivity index (χ3v) is 2.36. The SMILES string of the molecule is CC(C)Nc1ccc(OCS(C)(=O)=O)c(F)c1. The Bertz CT molecular complexity index is 485. The van der Waals surface area contributed by atoms with Crippen molar-refractivity contribution in [2.75, 3.05) is 17.5 Å². The summed E-state index contributed by atoms with van der Waals surface area (Å²) in [6.45, 7) is 3.87. The van der Waals surface area contributed by atoms with Gasteiger partial charge in [-0.15, -0.1) is 0 Å². The molecule has 1 rings (SSSR count). The van der Waals surface area contributed by atoms with E-state index in [0.717, 1.165) is 6.26 Å². The monoisotopic (exact) mass is 261 g/mol. The van der Waals surface area contributed by atoms with Crippen LogP contribution in [0.4, 0.5) is 10.1 Å². The number of benzene rings is 1. The highest BCUT2D eigenvalue weighted by Gasteiger charge is 2.08. The van der Waals surface area contributed by atoms with Crippen LogP contribution in [0.5, 0.6) is 5.75 Å². The molecule has 0 saturated heterocycles. The van der Waals surface area contributed by atoms with Gasteiger partial charge in [0.25, 0.3) is 0 Å². The molecule has 96 valence electrons. The summed E-state index contributed by atoms with van der Waals surface area (Å²) in [6.07, 6.45) is 1.03. The predicted octanol–water partition coefficient (Wildman–Crippen LogP) is 2.03. The van der Waals surface area contributed by atoms with Gasteiger partial charge in [0.1, 0.15) is 0 Å². The maximum atomic E-state index is 13.5. The van der Waals surface area contributed by atoms with Crippen molar-refractivity contribution in [1.82, 2.24) is 0 Å². The maximum absolute atomic E-state index is 13.5. The van der Waals surface area contributed by atoms with E-state index in [1.54, 1.807) is 6.07 Å². The highest BCUT2D eigenvalue weighted by molar-refractivity contribution is 7.90. The van der Waals surface area contributed by atoms with Crippen LogP contribution < -0.4 is 10.1 Å². The Kier molecular flexibility index (Phi) is 4.34. The lowest BCUT2D eigenvalue weighted by Gasteiger charge is -2.11. The minimum atomic E-state index is -3.27. The molecule has 4 nitrogen and oxygen atoms in total. The number of hydrogen-bond donors (Lipinski definition) is 1. The molecule has 0 spiro atoms. The molecule has 0 aliphatic heterocycles. The number of ether oxygens (including phenoxy) is 1. The summed E-state index contributed by atoms with van der Waals surface area (Å²) in [6, 6.07) is 4.51. The molecule has 0 bridgehead atoms. The molecule has 0 amide bonds. The molecule has 0 heterocycles. The van der Waals surface area contributed by atoms with Gasteiger partial charge in [-0.05, 0) is 26.0 Å². The molecule has 0 aromatic heterocycles. The molecule has 17 heavy (non-hydrogen) atoms. The highest BCUT2D eigenvalue weighted by atomic mass is 32.2. The predicted molar refractivity (Wildman–Crippen MR) is 65.5 cm³/mol. The molecule has 6 heteroatoms. The molecule has 0 saturated carbocycles. The van der Waals surface area contributed by atoms with Crippen LogP contribution in [0.2, 0.25) is 0 Å². The van der Waals surface area contributed by atoms with Crippen LogP contribution in [0.15, 0.2) is 18.2 Å². The van der Waals surface area contributed by atoms with Crippen molar-refractivity contribution in [1.29, 1.82) is 0 Å². The first kappa shape index (κ1) is 13.8. The number of nitrogens with one attached hydrogen (secondary N) is 1. The zero-order valence-electron chi connectivity index (χ0n) is 10.0. The minimum absolute atomic E-state index is 0.0651. The van der Waals surface area contributed by atoms with Crippen molar-refractivity contribution in [2.24, 2.45) is 0 Å². The lowest BCUT2D eigenvalue weighted by Crippen LogP contribution is -2.12. The molecule has 0 radical (unpaired) electrons. The van der Waals surface area contributed by atoms with Crippen molar-refractivity contribution < 1.29 is 17.5 Å². The number of rotatable bonds is 5. The van der Waals surface area contributed by atoms with E-state index in [9.17, 15) is 12.8 Å². The van der Waals surface area contributed by atoms with Crippen LogP contribution >= 0.6 is 0 Å². The van der Waals surface area contributed by atoms with Gasteiger partial charge in [0.05, 0.1) is 0 Å². The van der Waals surface area contributed by atoms with Crippen LogP contribution in [-0.4, -0.2) is 26.7 Å². The smallest absolute Gasteiger partial charge is 0.189 e. The molecule has 1 aromatic rings. The first-order valence-electron chi connectivity index (χ1n) is 5.14. The first-order valence-corrected chi connectivity index (χ1v) is 7.20. The summed E-state index contributed by atoms with van der Waals surface area (Å²) in [7, 11) is -3.27. The van der Waals surface area contributed by atoms with Crippen molar-refractivity contribution >= 4 is 15.5 Å². The van der Waals surface area contributed by atoms with E-state index >= 15 is 0 Å². The Morgan fingerprint density at radius 2 is 2.06 bits per heavy atom. The third-order valence-electron chi connectivity index (χ3n) is 1.82. The lowest BCUT2D eigenvalue weighted by molar-refractivity contribution is 0.356. The van der Waals surface area contributed by atoms with E-state index in [-0.39, 0.29) is 11.8 Å². The summed E-state index contributed by atoms with van der Waals surface area (Å²) in [5.41, 5.74) is 0.629. The fourth-order valence-electron chi connectivity index (χ4n) is 1.21. The standard InChI is InChI=1S/C11H16FNO3S/c1-8(2)13-9-4-5-11(10(12)6-9)16-7-17(3,14)15/h4-6,8,13H,7H2,1-3H3. The van der Waals surface area contributed by atoms with E-state index in [1.807, 2.05) is 13.8 Å². The molecule has 0 fully saturated rings. The Hall–Kier alpha value is -1.30. The second kappa shape index (κ2) is 5.35. The Balaban J connectivity index is 2.76. The summed E-state index contributed by atoms with van der Waals surface area (Å²) in [4.78, 5) is 0. The van der Waals surface area contributed by atoms with Gasteiger partial charge >= 0.3 is 0 Å². The van der Waals surface area contributed by atoms with Crippen LogP contribution in [-0.2, 0) is 9.84 Å². The van der Waals surface area contributed by atoms with E-state index in [4.69, 9.17) is 4.74 Å². The van der Waals surface area contributed by atoms with E-state index in [1.165, 1.54) is 12.1 Å². The van der Waals surface area contributed by atoms with Crippen LogP contribution in [0, 0.1) is 5.82 Å². The molecular formula is C11H16FNO3S. The topological polar surface area (TPSA) is 55.4 Å². The Morgan fingerprint density at radius 1 is 1.41 bits per heavy atom. The molecular weight excluding hydrogens is 245 g/mol. The van der Waals surface area contributed by atoms with Gasteiger partial charge < -0.3 is 10.1 Å². The van der Waals surface area contributed by atoms with E-state index in [2.05, 4.69) is 5.32 Å². The normalized spacial score (nSPS) is 11.6. The number of hydrogen-bond acceptors (Lipinski definition) is 4. The number of anilines is 1. The van der Waals surface area contributed by atoms with Crippen LogP contribution in [0.1, 0.15) is 13.8 Å². The number of sulfone groups is 1. The van der Waals surface area contributed by atoms with E-state index < -0.39 is 21.6 Å². The first-order chi connectivity index (χ1) is 7.78. The molecule has 1 N–H and O–H groups in total. The highest BCUT2D eigenvalue weighted by Crippen LogP contribution is 2.21. The van der Waals surface area contributed by atoms with Gasteiger partial charge in [-0.2, -0.15) is 0 Å². The average Bonchev–Trinajstić information content (AvgIpc) is 2.13. The Labute approximate surface area is 101 Å². The number of halogens is 1. The largest absolute Gasteiger partial charge is 0.475 e. The Morgan fingerprint density at radius 3 is 2.53 bits per heavy atom. The molecule has 0 aliphatic rings. The van der Waals surface area contributed by atoms with Gasteiger partial charge in [0.2, 0.25) is 0 Å². The van der Waals surface area contributed by atoms with Gasteiger partial charge in [-0.3, -0.25) is 0 Å². The molecule has 0 atom stereocenters. The van der Waals surface area contributed by atoms with Crippen molar-refractivity contribution in [3.8, 4) is 5.75 Å².